The predicted octanol–water partition coefficient (Wildman–Crippen LogP) is 0.344. The third-order valence-electron chi connectivity index (χ3n) is 4.97. The van der Waals surface area contributed by atoms with E-state index < -0.39 is 37.3 Å². The molecule has 1 aliphatic heterocycles. The summed E-state index contributed by atoms with van der Waals surface area (Å²) < 4.78 is 16.4. The van der Waals surface area contributed by atoms with Gasteiger partial charge in [0.25, 0.3) is 0 Å². The molecule has 30 heavy (non-hydrogen) atoms. The average Bonchev–Trinajstić information content (AvgIpc) is 2.75. The van der Waals surface area contributed by atoms with Crippen LogP contribution in [0.1, 0.15) is 0 Å². The van der Waals surface area contributed by atoms with Crippen LogP contribution in [0.4, 0.5) is 0 Å². The van der Waals surface area contributed by atoms with Crippen molar-refractivity contribution in [2.75, 3.05) is 6.61 Å². The topological polar surface area (TPSA) is 150 Å². The molecule has 2 heterocycles. The number of aromatic hydroxyl groups is 1. The predicted molar refractivity (Wildman–Crippen MR) is 104 cm³/mol. The highest BCUT2D eigenvalue weighted by molar-refractivity contribution is 5.78. The van der Waals surface area contributed by atoms with Crippen molar-refractivity contribution in [1.82, 2.24) is 0 Å². The monoisotopic (exact) mass is 416 g/mol. The fourth-order valence-electron chi connectivity index (χ4n) is 3.31. The highest BCUT2D eigenvalue weighted by Crippen LogP contribution is 2.34. The molecule has 0 amide bonds. The molecule has 1 aromatic heterocycles. The highest BCUT2D eigenvalue weighted by Gasteiger charge is 2.44. The Morgan fingerprint density at radius 1 is 0.967 bits per heavy atom. The second kappa shape index (κ2) is 8.05. The standard InChI is InChI=1S/C21H20O9/c22-9-17-18(25)19(26)20(27)21(30-17)29-15-6-5-10(7-13(15)24)16-8-12(23)11-3-1-2-4-14(11)28-16/h1-8,17-22,24-27H,9H2/t17-,18-,19+,20-,21?/m1/s1. The summed E-state index contributed by atoms with van der Waals surface area (Å²) in [5, 5.41) is 49.8. The number of ether oxygens (including phenoxy) is 2. The second-order valence-corrected chi connectivity index (χ2v) is 6.97. The van der Waals surface area contributed by atoms with Crippen molar-refractivity contribution < 1.29 is 39.4 Å². The van der Waals surface area contributed by atoms with Crippen LogP contribution in [0.5, 0.6) is 11.5 Å². The van der Waals surface area contributed by atoms with Crippen LogP contribution < -0.4 is 10.2 Å². The maximum atomic E-state index is 12.3. The number of para-hydroxylation sites is 1. The first-order valence-electron chi connectivity index (χ1n) is 9.22. The minimum absolute atomic E-state index is 0.0776. The van der Waals surface area contributed by atoms with Crippen molar-refractivity contribution in [2.24, 2.45) is 0 Å². The molecule has 2 aromatic carbocycles. The molecule has 1 aliphatic rings. The second-order valence-electron chi connectivity index (χ2n) is 6.97. The maximum Gasteiger partial charge on any atom is 0.229 e. The van der Waals surface area contributed by atoms with Gasteiger partial charge in [-0.15, -0.1) is 0 Å². The van der Waals surface area contributed by atoms with Gasteiger partial charge in [-0.3, -0.25) is 4.79 Å². The molecule has 0 spiro atoms. The van der Waals surface area contributed by atoms with Gasteiger partial charge in [-0.2, -0.15) is 0 Å². The molecule has 158 valence electrons. The van der Waals surface area contributed by atoms with Gasteiger partial charge in [0, 0.05) is 11.6 Å². The van der Waals surface area contributed by atoms with Crippen molar-refractivity contribution in [2.45, 2.75) is 30.7 Å². The smallest absolute Gasteiger partial charge is 0.229 e. The lowest BCUT2D eigenvalue weighted by atomic mass is 9.99. The Kier molecular flexibility index (Phi) is 5.46. The molecule has 3 aromatic rings. The average molecular weight is 416 g/mol. The molecule has 1 saturated heterocycles. The number of hydrogen-bond donors (Lipinski definition) is 5. The number of phenolic OH excluding ortho intramolecular Hbond substituents is 1. The summed E-state index contributed by atoms with van der Waals surface area (Å²) in [5.74, 6) is -0.167. The number of phenols is 1. The van der Waals surface area contributed by atoms with Gasteiger partial charge in [0.1, 0.15) is 35.8 Å². The first-order valence-corrected chi connectivity index (χ1v) is 9.22. The number of aliphatic hydroxyl groups is 4. The van der Waals surface area contributed by atoms with Crippen molar-refractivity contribution in [3.8, 4) is 22.8 Å². The normalized spacial score (nSPS) is 26.6. The van der Waals surface area contributed by atoms with Crippen LogP contribution in [0.2, 0.25) is 0 Å². The summed E-state index contributed by atoms with van der Waals surface area (Å²) in [4.78, 5) is 12.3. The zero-order valence-electron chi connectivity index (χ0n) is 15.6. The van der Waals surface area contributed by atoms with Crippen LogP contribution in [-0.4, -0.2) is 62.8 Å². The number of rotatable bonds is 4. The molecule has 9 nitrogen and oxygen atoms in total. The third-order valence-corrected chi connectivity index (χ3v) is 4.97. The summed E-state index contributed by atoms with van der Waals surface area (Å²) in [6.45, 7) is -0.600. The molecule has 5 atom stereocenters. The Morgan fingerprint density at radius 2 is 1.73 bits per heavy atom. The zero-order valence-corrected chi connectivity index (χ0v) is 15.6. The molecule has 1 fully saturated rings. The van der Waals surface area contributed by atoms with Crippen molar-refractivity contribution >= 4 is 11.0 Å². The van der Waals surface area contributed by atoms with Gasteiger partial charge in [-0.25, -0.2) is 0 Å². The molecule has 1 unspecified atom stereocenters. The van der Waals surface area contributed by atoms with E-state index >= 15 is 0 Å². The third kappa shape index (κ3) is 3.64. The van der Waals surface area contributed by atoms with Crippen LogP contribution in [0.15, 0.2) is 57.7 Å². The molecular formula is C21H20O9. The Balaban J connectivity index is 1.60. The molecule has 0 radical (unpaired) electrons. The van der Waals surface area contributed by atoms with E-state index in [1.54, 1.807) is 24.3 Å². The van der Waals surface area contributed by atoms with Crippen LogP contribution in [0.3, 0.4) is 0 Å². The van der Waals surface area contributed by atoms with E-state index in [2.05, 4.69) is 0 Å². The lowest BCUT2D eigenvalue weighted by Gasteiger charge is -2.39. The molecule has 9 heteroatoms. The lowest BCUT2D eigenvalue weighted by molar-refractivity contribution is -0.277. The summed E-state index contributed by atoms with van der Waals surface area (Å²) >= 11 is 0. The van der Waals surface area contributed by atoms with E-state index in [0.29, 0.717) is 16.5 Å². The Morgan fingerprint density at radius 3 is 2.47 bits per heavy atom. The molecule has 4 rings (SSSR count). The van der Waals surface area contributed by atoms with E-state index in [4.69, 9.17) is 13.9 Å². The summed E-state index contributed by atoms with van der Waals surface area (Å²) in [5.41, 5.74) is 0.589. The van der Waals surface area contributed by atoms with E-state index in [1.165, 1.54) is 24.3 Å². The van der Waals surface area contributed by atoms with Gasteiger partial charge in [-0.1, -0.05) is 12.1 Å². The van der Waals surface area contributed by atoms with Crippen LogP contribution >= 0.6 is 0 Å². The van der Waals surface area contributed by atoms with Gasteiger partial charge < -0.3 is 39.4 Å². The van der Waals surface area contributed by atoms with Gasteiger partial charge >= 0.3 is 0 Å². The SMILES string of the molecule is O=c1cc(-c2ccc(OC3O[C@H](CO)[C@@H](O)[C@H](O)[C@H]3O)c(O)c2)oc2ccccc12. The quantitative estimate of drug-likeness (QED) is 0.406. The summed E-state index contributed by atoms with van der Waals surface area (Å²) in [6, 6.07) is 12.3. The van der Waals surface area contributed by atoms with Crippen molar-refractivity contribution in [1.29, 1.82) is 0 Å². The Labute approximate surface area is 170 Å². The van der Waals surface area contributed by atoms with Gasteiger partial charge in [0.05, 0.1) is 12.0 Å². The lowest BCUT2D eigenvalue weighted by Crippen LogP contribution is -2.60. The molecular weight excluding hydrogens is 396 g/mol. The first kappa shape index (κ1) is 20.3. The maximum absolute atomic E-state index is 12.3. The summed E-state index contributed by atoms with van der Waals surface area (Å²) in [7, 11) is 0. The van der Waals surface area contributed by atoms with Crippen LogP contribution in [-0.2, 0) is 4.74 Å². The Hall–Kier alpha value is -2.95. The van der Waals surface area contributed by atoms with E-state index in [-0.39, 0.29) is 22.7 Å². The van der Waals surface area contributed by atoms with Crippen molar-refractivity contribution in [3.05, 3.63) is 58.8 Å². The van der Waals surface area contributed by atoms with E-state index in [9.17, 15) is 30.3 Å². The molecule has 0 aliphatic carbocycles. The van der Waals surface area contributed by atoms with Crippen LogP contribution in [0, 0.1) is 0 Å². The molecule has 0 bridgehead atoms. The Bertz CT molecular complexity index is 1110. The van der Waals surface area contributed by atoms with Crippen LogP contribution in [0.25, 0.3) is 22.3 Å². The van der Waals surface area contributed by atoms with Gasteiger partial charge in [0.2, 0.25) is 6.29 Å². The summed E-state index contributed by atoms with van der Waals surface area (Å²) in [6.07, 6.45) is -7.30. The largest absolute Gasteiger partial charge is 0.504 e. The number of fused-ring (bicyclic) bond motifs is 1. The number of hydrogen-bond acceptors (Lipinski definition) is 9. The first-order chi connectivity index (χ1) is 14.4. The zero-order chi connectivity index (χ0) is 21.4. The number of aliphatic hydroxyl groups excluding tert-OH is 4. The minimum atomic E-state index is -1.61. The highest BCUT2D eigenvalue weighted by atomic mass is 16.7. The molecule has 5 N–H and O–H groups in total. The van der Waals surface area contributed by atoms with Gasteiger partial charge in [-0.05, 0) is 30.3 Å². The number of benzene rings is 2. The van der Waals surface area contributed by atoms with Crippen molar-refractivity contribution in [3.63, 3.8) is 0 Å². The van der Waals surface area contributed by atoms with E-state index in [0.717, 1.165) is 0 Å². The fourth-order valence-corrected chi connectivity index (χ4v) is 3.31. The minimum Gasteiger partial charge on any atom is -0.504 e. The van der Waals surface area contributed by atoms with E-state index in [1.807, 2.05) is 0 Å². The molecule has 0 saturated carbocycles. The van der Waals surface area contributed by atoms with Gasteiger partial charge in [0.15, 0.2) is 16.9 Å². The fraction of sp³-hybridized carbons (Fsp3) is 0.286.